The minimum atomic E-state index is -0.395. The first-order chi connectivity index (χ1) is 13.6. The van der Waals surface area contributed by atoms with Crippen molar-refractivity contribution in [2.45, 2.75) is 32.4 Å². The minimum Gasteiger partial charge on any atom is -0.454 e. The van der Waals surface area contributed by atoms with Gasteiger partial charge in [-0.25, -0.2) is 0 Å². The predicted molar refractivity (Wildman–Crippen MR) is 106 cm³/mol. The zero-order valence-electron chi connectivity index (χ0n) is 15.7. The Hall–Kier alpha value is -3.22. The summed E-state index contributed by atoms with van der Waals surface area (Å²) in [7, 11) is 0. The van der Waals surface area contributed by atoms with Crippen molar-refractivity contribution in [3.8, 4) is 11.5 Å². The molecule has 0 aliphatic carbocycles. The van der Waals surface area contributed by atoms with Crippen LogP contribution in [0, 0.1) is 0 Å². The Labute approximate surface area is 163 Å². The summed E-state index contributed by atoms with van der Waals surface area (Å²) in [5, 5.41) is 6.11. The predicted octanol–water partition coefficient (Wildman–Crippen LogP) is 2.66. The average molecular weight is 381 g/mol. The molecule has 0 saturated carbocycles. The van der Waals surface area contributed by atoms with Crippen molar-refractivity contribution in [2.24, 2.45) is 0 Å². The van der Waals surface area contributed by atoms with E-state index in [2.05, 4.69) is 10.6 Å². The highest BCUT2D eigenvalue weighted by Crippen LogP contribution is 2.32. The molecule has 4 rings (SSSR count). The fraction of sp³-hybridized carbons (Fsp3) is 0.333. The summed E-state index contributed by atoms with van der Waals surface area (Å²) in [5.74, 6) is 1.49. The molecule has 146 valence electrons. The van der Waals surface area contributed by atoms with Crippen LogP contribution in [0.1, 0.15) is 25.3 Å². The fourth-order valence-corrected chi connectivity index (χ4v) is 3.37. The number of hydrogen-bond donors (Lipinski definition) is 2. The Morgan fingerprint density at radius 1 is 1.14 bits per heavy atom. The lowest BCUT2D eigenvalue weighted by atomic mass is 10.2. The molecule has 2 aromatic carbocycles. The first-order valence-electron chi connectivity index (χ1n) is 9.43. The normalized spacial score (nSPS) is 16.2. The van der Waals surface area contributed by atoms with E-state index < -0.39 is 6.04 Å². The first kappa shape index (κ1) is 18.2. The van der Waals surface area contributed by atoms with Gasteiger partial charge in [0, 0.05) is 30.9 Å². The van der Waals surface area contributed by atoms with Gasteiger partial charge in [0.25, 0.3) is 0 Å². The van der Waals surface area contributed by atoms with E-state index in [0.29, 0.717) is 18.7 Å². The molecule has 0 aromatic heterocycles. The number of nitrogens with one attached hydrogen (secondary N) is 2. The molecule has 2 aliphatic heterocycles. The molecule has 2 heterocycles. The first-order valence-corrected chi connectivity index (χ1v) is 9.43. The van der Waals surface area contributed by atoms with E-state index in [1.165, 1.54) is 0 Å². The summed E-state index contributed by atoms with van der Waals surface area (Å²) >= 11 is 0. The van der Waals surface area contributed by atoms with E-state index in [1.54, 1.807) is 4.90 Å². The minimum absolute atomic E-state index is 0.100. The zero-order chi connectivity index (χ0) is 19.5. The summed E-state index contributed by atoms with van der Waals surface area (Å²) < 4.78 is 10.6. The van der Waals surface area contributed by atoms with Crippen molar-refractivity contribution >= 4 is 23.2 Å². The van der Waals surface area contributed by atoms with Gasteiger partial charge in [-0.15, -0.1) is 0 Å². The van der Waals surface area contributed by atoms with Crippen LogP contribution >= 0.6 is 0 Å². The van der Waals surface area contributed by atoms with Gasteiger partial charge in [0.05, 0.1) is 0 Å². The smallest absolute Gasteiger partial charge is 0.242 e. The molecule has 1 atom stereocenters. The van der Waals surface area contributed by atoms with Crippen LogP contribution < -0.4 is 25.0 Å². The molecular formula is C21H23N3O4. The summed E-state index contributed by atoms with van der Waals surface area (Å²) in [6.45, 7) is 3.23. The lowest BCUT2D eigenvalue weighted by Crippen LogP contribution is -2.37. The molecule has 7 nitrogen and oxygen atoms in total. The number of carbonyl (C=O) groups excluding carboxylic acids is 2. The Bertz CT molecular complexity index is 882. The highest BCUT2D eigenvalue weighted by Gasteiger charge is 2.21. The molecule has 0 bridgehead atoms. The second kappa shape index (κ2) is 7.80. The second-order valence-corrected chi connectivity index (χ2v) is 6.97. The third-order valence-electron chi connectivity index (χ3n) is 4.93. The van der Waals surface area contributed by atoms with Crippen molar-refractivity contribution in [3.63, 3.8) is 0 Å². The maximum atomic E-state index is 12.4. The van der Waals surface area contributed by atoms with Crippen molar-refractivity contribution in [1.29, 1.82) is 0 Å². The molecule has 2 amide bonds. The molecule has 1 unspecified atom stereocenters. The Morgan fingerprint density at radius 3 is 2.68 bits per heavy atom. The van der Waals surface area contributed by atoms with Gasteiger partial charge in [-0.05, 0) is 55.3 Å². The molecule has 0 radical (unpaired) electrons. The number of carbonyl (C=O) groups is 2. The Kier molecular flexibility index (Phi) is 5.06. The number of ether oxygens (including phenoxy) is 2. The van der Waals surface area contributed by atoms with Crippen LogP contribution in [0.3, 0.4) is 0 Å². The SMILES string of the molecule is CC(Nc1ccc(N2CCCC2=O)cc1)C(=O)NCc1ccc2c(c1)OCO2. The summed E-state index contributed by atoms with van der Waals surface area (Å²) in [6.07, 6.45) is 1.51. The van der Waals surface area contributed by atoms with E-state index in [0.717, 1.165) is 35.7 Å². The number of nitrogens with zero attached hydrogens (tertiary/aromatic N) is 1. The number of rotatable bonds is 6. The van der Waals surface area contributed by atoms with Gasteiger partial charge in [0.2, 0.25) is 18.6 Å². The third-order valence-corrected chi connectivity index (χ3v) is 4.93. The van der Waals surface area contributed by atoms with Crippen LogP contribution in [0.4, 0.5) is 11.4 Å². The Balaban J connectivity index is 1.30. The topological polar surface area (TPSA) is 79.9 Å². The average Bonchev–Trinajstić information content (AvgIpc) is 3.35. The Morgan fingerprint density at radius 2 is 1.93 bits per heavy atom. The van der Waals surface area contributed by atoms with Crippen LogP contribution in [0.2, 0.25) is 0 Å². The number of fused-ring (bicyclic) bond motifs is 1. The third kappa shape index (κ3) is 3.88. The van der Waals surface area contributed by atoms with Crippen molar-refractivity contribution in [2.75, 3.05) is 23.6 Å². The summed E-state index contributed by atoms with van der Waals surface area (Å²) in [4.78, 5) is 26.0. The molecule has 2 aromatic rings. The fourth-order valence-electron chi connectivity index (χ4n) is 3.37. The van der Waals surface area contributed by atoms with Gasteiger partial charge in [-0.1, -0.05) is 6.07 Å². The second-order valence-electron chi connectivity index (χ2n) is 6.97. The molecule has 0 spiro atoms. The monoisotopic (exact) mass is 381 g/mol. The molecule has 1 saturated heterocycles. The van der Waals surface area contributed by atoms with Crippen LogP contribution in [0.15, 0.2) is 42.5 Å². The van der Waals surface area contributed by atoms with Crippen LogP contribution in [-0.4, -0.2) is 31.2 Å². The highest BCUT2D eigenvalue weighted by molar-refractivity contribution is 5.95. The largest absolute Gasteiger partial charge is 0.454 e. The van der Waals surface area contributed by atoms with E-state index in [4.69, 9.17) is 9.47 Å². The zero-order valence-corrected chi connectivity index (χ0v) is 15.7. The quantitative estimate of drug-likeness (QED) is 0.804. The van der Waals surface area contributed by atoms with Crippen molar-refractivity contribution in [1.82, 2.24) is 5.32 Å². The number of hydrogen-bond acceptors (Lipinski definition) is 5. The van der Waals surface area contributed by atoms with Gasteiger partial charge in [-0.3, -0.25) is 9.59 Å². The van der Waals surface area contributed by atoms with Gasteiger partial charge in [-0.2, -0.15) is 0 Å². The van der Waals surface area contributed by atoms with Gasteiger partial charge < -0.3 is 25.0 Å². The van der Waals surface area contributed by atoms with E-state index in [1.807, 2.05) is 49.4 Å². The van der Waals surface area contributed by atoms with Gasteiger partial charge >= 0.3 is 0 Å². The standard InChI is InChI=1S/C21H23N3O4/c1-14(21(26)22-12-15-4-9-18-19(11-15)28-13-27-18)23-16-5-7-17(8-6-16)24-10-2-3-20(24)25/h4-9,11,14,23H,2-3,10,12-13H2,1H3,(H,22,26). The maximum Gasteiger partial charge on any atom is 0.242 e. The van der Waals surface area contributed by atoms with Crippen LogP contribution in [0.25, 0.3) is 0 Å². The van der Waals surface area contributed by atoms with Gasteiger partial charge in [0.1, 0.15) is 6.04 Å². The van der Waals surface area contributed by atoms with Crippen LogP contribution in [0.5, 0.6) is 11.5 Å². The van der Waals surface area contributed by atoms with Crippen molar-refractivity contribution < 1.29 is 19.1 Å². The van der Waals surface area contributed by atoms with E-state index >= 15 is 0 Å². The molecule has 1 fully saturated rings. The lowest BCUT2D eigenvalue weighted by molar-refractivity contribution is -0.121. The molecule has 2 aliphatic rings. The number of benzene rings is 2. The molecule has 7 heteroatoms. The highest BCUT2D eigenvalue weighted by atomic mass is 16.7. The number of amides is 2. The van der Waals surface area contributed by atoms with Crippen LogP contribution in [-0.2, 0) is 16.1 Å². The summed E-state index contributed by atoms with van der Waals surface area (Å²) in [6, 6.07) is 12.8. The number of anilines is 2. The molecule has 2 N–H and O–H groups in total. The van der Waals surface area contributed by atoms with E-state index in [9.17, 15) is 9.59 Å². The lowest BCUT2D eigenvalue weighted by Gasteiger charge is -2.18. The summed E-state index contributed by atoms with van der Waals surface area (Å²) in [5.41, 5.74) is 2.68. The molecule has 28 heavy (non-hydrogen) atoms. The van der Waals surface area contributed by atoms with Gasteiger partial charge in [0.15, 0.2) is 11.5 Å². The maximum absolute atomic E-state index is 12.4. The van der Waals surface area contributed by atoms with Crippen molar-refractivity contribution in [3.05, 3.63) is 48.0 Å². The van der Waals surface area contributed by atoms with E-state index in [-0.39, 0.29) is 18.6 Å². The molecular weight excluding hydrogens is 358 g/mol.